The van der Waals surface area contributed by atoms with Gasteiger partial charge < -0.3 is 16.0 Å². The van der Waals surface area contributed by atoms with E-state index in [4.69, 9.17) is 11.3 Å². The first-order chi connectivity index (χ1) is 14.6. The second-order valence-corrected chi connectivity index (χ2v) is 7.69. The summed E-state index contributed by atoms with van der Waals surface area (Å²) in [5, 5.41) is 18.8. The molecule has 156 valence electrons. The van der Waals surface area contributed by atoms with Gasteiger partial charge in [-0.15, -0.1) is 0 Å². The Hall–Kier alpha value is -3.11. The van der Waals surface area contributed by atoms with Crippen LogP contribution in [0.4, 0.5) is 0 Å². The number of rotatable bonds is 9. The van der Waals surface area contributed by atoms with Gasteiger partial charge in [0.15, 0.2) is 0 Å². The Morgan fingerprint density at radius 1 is 1.33 bits per heavy atom. The third-order valence-electron chi connectivity index (χ3n) is 5.50. The molecule has 1 heterocycles. The van der Waals surface area contributed by atoms with Crippen molar-refractivity contribution in [2.45, 2.75) is 50.4 Å². The first-order valence-electron chi connectivity index (χ1n) is 10.3. The summed E-state index contributed by atoms with van der Waals surface area (Å²) >= 11 is 0. The third kappa shape index (κ3) is 5.49. The topological polar surface area (TPSA) is 131 Å². The Bertz CT molecular complexity index is 963. The summed E-state index contributed by atoms with van der Waals surface area (Å²) in [4.78, 5) is 16.8. The van der Waals surface area contributed by atoms with Crippen LogP contribution in [0.5, 0.6) is 0 Å². The van der Waals surface area contributed by atoms with E-state index in [9.17, 15) is 10.1 Å². The molecular weight excluding hydrogens is 378 g/mol. The van der Waals surface area contributed by atoms with Crippen LogP contribution in [0.15, 0.2) is 47.6 Å². The minimum absolute atomic E-state index is 0.235. The molecule has 3 atom stereocenters. The molecule has 2 aromatic rings. The van der Waals surface area contributed by atoms with E-state index in [2.05, 4.69) is 51.7 Å². The molecule has 0 spiro atoms. The van der Waals surface area contributed by atoms with Crippen LogP contribution in [0.3, 0.4) is 0 Å². The zero-order valence-corrected chi connectivity index (χ0v) is 16.9. The summed E-state index contributed by atoms with van der Waals surface area (Å²) in [5.41, 5.74) is 15.9. The predicted octanol–water partition coefficient (Wildman–Crippen LogP) is 3.23. The fraction of sp³-hybridized carbons (Fsp3) is 0.455. The number of nitriles is 1. The zero-order valence-electron chi connectivity index (χ0n) is 16.9. The van der Waals surface area contributed by atoms with Crippen molar-refractivity contribution in [3.05, 3.63) is 58.5 Å². The summed E-state index contributed by atoms with van der Waals surface area (Å²) in [7, 11) is 0. The lowest BCUT2D eigenvalue weighted by molar-refractivity contribution is -0.132. The van der Waals surface area contributed by atoms with Gasteiger partial charge in [0.05, 0.1) is 18.2 Å². The summed E-state index contributed by atoms with van der Waals surface area (Å²) in [6.45, 7) is 1.91. The molecule has 1 amide bonds. The standard InChI is InChI=1S/C22H27N7O/c23-13-20-12-19(27-28-25)15-29(20)22(30)21(24)7-3-4-10-26-14-16-8-9-17-5-1-2-6-18(17)11-16/h1-2,5-6,8-9,11,19-21,26H,3-4,7,10,12,14-15,24H2/t19?,20-,21-/m0/s1. The third-order valence-corrected chi connectivity index (χ3v) is 5.50. The largest absolute Gasteiger partial charge is 0.325 e. The van der Waals surface area contributed by atoms with E-state index in [0.29, 0.717) is 12.8 Å². The van der Waals surface area contributed by atoms with Crippen LogP contribution >= 0.6 is 0 Å². The lowest BCUT2D eigenvalue weighted by atomic mass is 10.1. The van der Waals surface area contributed by atoms with Crippen molar-refractivity contribution in [2.24, 2.45) is 10.8 Å². The number of nitrogens with zero attached hydrogens (tertiary/aromatic N) is 5. The van der Waals surface area contributed by atoms with Crippen LogP contribution in [-0.4, -0.2) is 42.0 Å². The molecule has 8 nitrogen and oxygen atoms in total. The molecule has 0 radical (unpaired) electrons. The molecule has 3 N–H and O–H groups in total. The zero-order chi connectivity index (χ0) is 21.3. The molecule has 1 unspecified atom stereocenters. The number of nitrogens with two attached hydrogens (primary N) is 1. The van der Waals surface area contributed by atoms with Crippen molar-refractivity contribution in [2.75, 3.05) is 13.1 Å². The van der Waals surface area contributed by atoms with Crippen molar-refractivity contribution in [1.29, 1.82) is 5.26 Å². The van der Waals surface area contributed by atoms with E-state index >= 15 is 0 Å². The Morgan fingerprint density at radius 3 is 2.90 bits per heavy atom. The number of fused-ring (bicyclic) bond motifs is 1. The molecule has 8 heteroatoms. The van der Waals surface area contributed by atoms with Gasteiger partial charge in [0.2, 0.25) is 5.91 Å². The summed E-state index contributed by atoms with van der Waals surface area (Å²) in [6, 6.07) is 15.3. The maximum Gasteiger partial charge on any atom is 0.240 e. The van der Waals surface area contributed by atoms with Crippen LogP contribution in [0.25, 0.3) is 21.2 Å². The van der Waals surface area contributed by atoms with E-state index in [1.807, 2.05) is 12.1 Å². The molecule has 2 aromatic carbocycles. The Balaban J connectivity index is 1.37. The number of unbranched alkanes of at least 4 members (excludes halogenated alkanes) is 1. The first-order valence-corrected chi connectivity index (χ1v) is 10.3. The number of benzene rings is 2. The minimum Gasteiger partial charge on any atom is -0.325 e. The van der Waals surface area contributed by atoms with Crippen molar-refractivity contribution in [3.63, 3.8) is 0 Å². The number of amides is 1. The van der Waals surface area contributed by atoms with Crippen molar-refractivity contribution < 1.29 is 4.79 Å². The average Bonchev–Trinajstić information content (AvgIpc) is 3.18. The molecule has 0 aromatic heterocycles. The lowest BCUT2D eigenvalue weighted by Gasteiger charge is -2.23. The van der Waals surface area contributed by atoms with Gasteiger partial charge in [-0.1, -0.05) is 47.9 Å². The van der Waals surface area contributed by atoms with Crippen molar-refractivity contribution >= 4 is 16.7 Å². The van der Waals surface area contributed by atoms with Gasteiger partial charge in [-0.25, -0.2) is 0 Å². The summed E-state index contributed by atoms with van der Waals surface area (Å²) in [6.07, 6.45) is 2.68. The van der Waals surface area contributed by atoms with Crippen LogP contribution < -0.4 is 11.1 Å². The smallest absolute Gasteiger partial charge is 0.240 e. The van der Waals surface area contributed by atoms with E-state index in [0.717, 1.165) is 25.9 Å². The molecule has 1 aliphatic rings. The van der Waals surface area contributed by atoms with Gasteiger partial charge >= 0.3 is 0 Å². The van der Waals surface area contributed by atoms with Crippen molar-refractivity contribution in [3.8, 4) is 6.07 Å². The molecule has 0 aliphatic carbocycles. The van der Waals surface area contributed by atoms with Crippen LogP contribution in [0.2, 0.25) is 0 Å². The fourth-order valence-electron chi connectivity index (χ4n) is 3.87. The van der Waals surface area contributed by atoms with E-state index < -0.39 is 12.1 Å². The maximum absolute atomic E-state index is 12.6. The minimum atomic E-state index is -0.633. The van der Waals surface area contributed by atoms with Gasteiger partial charge in [0.1, 0.15) is 6.04 Å². The highest BCUT2D eigenvalue weighted by Crippen LogP contribution is 2.21. The number of nitrogens with one attached hydrogen (secondary N) is 1. The summed E-state index contributed by atoms with van der Waals surface area (Å²) in [5.74, 6) is -0.235. The monoisotopic (exact) mass is 405 g/mol. The lowest BCUT2D eigenvalue weighted by Crippen LogP contribution is -2.46. The number of hydrogen-bond acceptors (Lipinski definition) is 5. The van der Waals surface area contributed by atoms with Gasteiger partial charge in [0, 0.05) is 18.0 Å². The highest BCUT2D eigenvalue weighted by molar-refractivity contribution is 5.83. The van der Waals surface area contributed by atoms with Crippen molar-refractivity contribution in [1.82, 2.24) is 10.2 Å². The molecule has 1 aliphatic heterocycles. The fourth-order valence-corrected chi connectivity index (χ4v) is 3.87. The number of likely N-dealkylation sites (tertiary alicyclic amines) is 1. The van der Waals surface area contributed by atoms with Gasteiger partial charge in [-0.05, 0) is 53.7 Å². The van der Waals surface area contributed by atoms with E-state index in [1.165, 1.54) is 21.2 Å². The van der Waals surface area contributed by atoms with Crippen LogP contribution in [0.1, 0.15) is 31.2 Å². The molecule has 30 heavy (non-hydrogen) atoms. The Labute approximate surface area is 176 Å². The number of carbonyl (C=O) groups excluding carboxylic acids is 1. The maximum atomic E-state index is 12.6. The SMILES string of the molecule is N#C[C@@H]1CC(N=[N+]=[N-])CN1C(=O)[C@@H](N)CCCCNCc1ccc2ccccc2c1. The first kappa shape index (κ1) is 21.6. The van der Waals surface area contributed by atoms with Gasteiger partial charge in [-0.3, -0.25) is 4.79 Å². The quantitative estimate of drug-likeness (QED) is 0.287. The van der Waals surface area contributed by atoms with Gasteiger partial charge in [-0.2, -0.15) is 5.26 Å². The highest BCUT2D eigenvalue weighted by atomic mass is 16.2. The molecule has 3 rings (SSSR count). The predicted molar refractivity (Wildman–Crippen MR) is 116 cm³/mol. The molecule has 0 bridgehead atoms. The highest BCUT2D eigenvalue weighted by Gasteiger charge is 2.36. The second-order valence-electron chi connectivity index (χ2n) is 7.69. The number of hydrogen-bond donors (Lipinski definition) is 2. The number of azide groups is 1. The number of carbonyl (C=O) groups is 1. The average molecular weight is 406 g/mol. The van der Waals surface area contributed by atoms with E-state index in [-0.39, 0.29) is 18.5 Å². The molecular formula is C22H27N7O. The summed E-state index contributed by atoms with van der Waals surface area (Å²) < 4.78 is 0. The van der Waals surface area contributed by atoms with Crippen LogP contribution in [0, 0.1) is 11.3 Å². The Kier molecular flexibility index (Phi) is 7.63. The molecule has 1 fully saturated rings. The molecule has 1 saturated heterocycles. The molecule has 0 saturated carbocycles. The second kappa shape index (κ2) is 10.6. The Morgan fingerprint density at radius 2 is 2.13 bits per heavy atom. The van der Waals surface area contributed by atoms with E-state index in [1.54, 1.807) is 0 Å². The normalized spacial score (nSPS) is 19.3. The van der Waals surface area contributed by atoms with Gasteiger partial charge in [0.25, 0.3) is 0 Å². The van der Waals surface area contributed by atoms with Crippen LogP contribution in [-0.2, 0) is 11.3 Å².